The standard InChI is InChI=1S/C13H16FN3OS/c1-2-4-11(15)13-16-12(17-18-13)8-19-10-6-3-5-9(14)7-10/h3,5-7,11H,2,4,8,15H2,1H3. The maximum absolute atomic E-state index is 13.0. The summed E-state index contributed by atoms with van der Waals surface area (Å²) < 4.78 is 18.1. The highest BCUT2D eigenvalue weighted by molar-refractivity contribution is 7.98. The Morgan fingerprint density at radius 3 is 3.05 bits per heavy atom. The van der Waals surface area contributed by atoms with Gasteiger partial charge >= 0.3 is 0 Å². The maximum atomic E-state index is 13.0. The van der Waals surface area contributed by atoms with E-state index in [1.165, 1.54) is 23.9 Å². The molecule has 0 fully saturated rings. The van der Waals surface area contributed by atoms with Gasteiger partial charge in [0.15, 0.2) is 5.82 Å². The smallest absolute Gasteiger partial charge is 0.243 e. The molecule has 4 nitrogen and oxygen atoms in total. The number of nitrogens with two attached hydrogens (primary N) is 1. The van der Waals surface area contributed by atoms with Gasteiger partial charge in [0.05, 0.1) is 11.8 Å². The minimum atomic E-state index is -0.247. The molecule has 0 aliphatic carbocycles. The van der Waals surface area contributed by atoms with Gasteiger partial charge in [0.1, 0.15) is 5.82 Å². The van der Waals surface area contributed by atoms with Gasteiger partial charge in [0.25, 0.3) is 0 Å². The van der Waals surface area contributed by atoms with Gasteiger partial charge in [-0.3, -0.25) is 0 Å². The molecule has 2 aromatic rings. The molecule has 0 saturated carbocycles. The Morgan fingerprint density at radius 2 is 2.32 bits per heavy atom. The topological polar surface area (TPSA) is 64.9 Å². The van der Waals surface area contributed by atoms with Crippen LogP contribution in [0.2, 0.25) is 0 Å². The minimum absolute atomic E-state index is 0.203. The lowest BCUT2D eigenvalue weighted by molar-refractivity contribution is 0.345. The van der Waals surface area contributed by atoms with Crippen molar-refractivity contribution in [1.29, 1.82) is 0 Å². The molecule has 0 saturated heterocycles. The second kappa shape index (κ2) is 6.68. The molecule has 6 heteroatoms. The van der Waals surface area contributed by atoms with E-state index in [-0.39, 0.29) is 11.9 Å². The molecule has 102 valence electrons. The van der Waals surface area contributed by atoms with Crippen LogP contribution in [0.25, 0.3) is 0 Å². The van der Waals surface area contributed by atoms with Crippen molar-refractivity contribution in [3.63, 3.8) is 0 Å². The van der Waals surface area contributed by atoms with E-state index in [1.54, 1.807) is 6.07 Å². The van der Waals surface area contributed by atoms with Gasteiger partial charge in [-0.2, -0.15) is 4.98 Å². The van der Waals surface area contributed by atoms with Crippen molar-refractivity contribution in [2.45, 2.75) is 36.5 Å². The molecular formula is C13H16FN3OS. The third-order valence-electron chi connectivity index (χ3n) is 2.56. The molecule has 1 unspecified atom stereocenters. The number of rotatable bonds is 6. The first-order chi connectivity index (χ1) is 9.19. The Bertz CT molecular complexity index is 532. The lowest BCUT2D eigenvalue weighted by atomic mass is 10.2. The van der Waals surface area contributed by atoms with E-state index in [9.17, 15) is 4.39 Å². The first kappa shape index (κ1) is 14.0. The molecule has 1 aromatic heterocycles. The fraction of sp³-hybridized carbons (Fsp3) is 0.385. The Kier molecular flexibility index (Phi) is 4.93. The molecule has 0 spiro atoms. The van der Waals surface area contributed by atoms with Crippen LogP contribution in [-0.4, -0.2) is 10.1 Å². The highest BCUT2D eigenvalue weighted by atomic mass is 32.2. The van der Waals surface area contributed by atoms with Crippen molar-refractivity contribution in [1.82, 2.24) is 10.1 Å². The second-order valence-electron chi connectivity index (χ2n) is 4.19. The third kappa shape index (κ3) is 4.04. The lowest BCUT2D eigenvalue weighted by Gasteiger charge is -2.02. The Morgan fingerprint density at radius 1 is 1.47 bits per heavy atom. The van der Waals surface area contributed by atoms with Crippen LogP contribution in [0.15, 0.2) is 33.7 Å². The fourth-order valence-corrected chi connectivity index (χ4v) is 2.40. The van der Waals surface area contributed by atoms with E-state index in [1.807, 2.05) is 6.07 Å². The van der Waals surface area contributed by atoms with Gasteiger partial charge < -0.3 is 10.3 Å². The highest BCUT2D eigenvalue weighted by Gasteiger charge is 2.13. The van der Waals surface area contributed by atoms with Crippen LogP contribution >= 0.6 is 11.8 Å². The molecule has 2 rings (SSSR count). The van der Waals surface area contributed by atoms with Crippen molar-refractivity contribution in [2.75, 3.05) is 0 Å². The predicted octanol–water partition coefficient (Wildman–Crippen LogP) is 3.30. The molecule has 0 amide bonds. The fourth-order valence-electron chi connectivity index (χ4n) is 1.62. The van der Waals surface area contributed by atoms with Gasteiger partial charge in [-0.05, 0) is 24.6 Å². The normalized spacial score (nSPS) is 12.6. The van der Waals surface area contributed by atoms with Crippen LogP contribution in [0.3, 0.4) is 0 Å². The molecule has 1 heterocycles. The van der Waals surface area contributed by atoms with Crippen LogP contribution < -0.4 is 5.73 Å². The summed E-state index contributed by atoms with van der Waals surface area (Å²) in [6.45, 7) is 2.05. The van der Waals surface area contributed by atoms with Crippen molar-refractivity contribution in [3.8, 4) is 0 Å². The second-order valence-corrected chi connectivity index (χ2v) is 5.24. The summed E-state index contributed by atoms with van der Waals surface area (Å²) in [5.41, 5.74) is 5.89. The van der Waals surface area contributed by atoms with Gasteiger partial charge in [0, 0.05) is 4.90 Å². The van der Waals surface area contributed by atoms with Crippen molar-refractivity contribution in [2.24, 2.45) is 5.73 Å². The van der Waals surface area contributed by atoms with Crippen molar-refractivity contribution in [3.05, 3.63) is 41.8 Å². The van der Waals surface area contributed by atoms with E-state index in [2.05, 4.69) is 17.1 Å². The first-order valence-electron chi connectivity index (χ1n) is 6.15. The highest BCUT2D eigenvalue weighted by Crippen LogP contribution is 2.23. The molecule has 2 N–H and O–H groups in total. The first-order valence-corrected chi connectivity index (χ1v) is 7.14. The summed E-state index contributed by atoms with van der Waals surface area (Å²) >= 11 is 1.46. The number of benzene rings is 1. The van der Waals surface area contributed by atoms with E-state index >= 15 is 0 Å². The number of thioether (sulfide) groups is 1. The molecule has 0 aliphatic heterocycles. The lowest BCUT2D eigenvalue weighted by Crippen LogP contribution is -2.10. The summed E-state index contributed by atoms with van der Waals surface area (Å²) in [5.74, 6) is 1.34. The summed E-state index contributed by atoms with van der Waals surface area (Å²) in [6.07, 6.45) is 1.79. The van der Waals surface area contributed by atoms with Gasteiger partial charge in [0.2, 0.25) is 5.89 Å². The molecule has 1 atom stereocenters. The summed E-state index contributed by atoms with van der Waals surface area (Å²) in [4.78, 5) is 5.09. The molecule has 0 bridgehead atoms. The van der Waals surface area contributed by atoms with Gasteiger partial charge in [-0.1, -0.05) is 24.6 Å². The Hall–Kier alpha value is -1.40. The number of hydrogen-bond acceptors (Lipinski definition) is 5. The molecular weight excluding hydrogens is 265 g/mol. The van der Waals surface area contributed by atoms with Crippen LogP contribution in [0, 0.1) is 5.82 Å². The summed E-state index contributed by atoms with van der Waals surface area (Å²) in [6, 6.07) is 6.22. The predicted molar refractivity (Wildman–Crippen MR) is 72.1 cm³/mol. The summed E-state index contributed by atoms with van der Waals surface area (Å²) in [7, 11) is 0. The minimum Gasteiger partial charge on any atom is -0.338 e. The maximum Gasteiger partial charge on any atom is 0.243 e. The largest absolute Gasteiger partial charge is 0.338 e. The van der Waals surface area contributed by atoms with E-state index in [0.717, 1.165) is 17.7 Å². The quantitative estimate of drug-likeness (QED) is 0.823. The van der Waals surface area contributed by atoms with E-state index in [0.29, 0.717) is 17.5 Å². The van der Waals surface area contributed by atoms with Crippen molar-refractivity contribution >= 4 is 11.8 Å². The summed E-state index contributed by atoms with van der Waals surface area (Å²) in [5, 5.41) is 3.88. The Balaban J connectivity index is 1.93. The van der Waals surface area contributed by atoms with Crippen LogP contribution in [0.1, 0.15) is 37.5 Å². The van der Waals surface area contributed by atoms with Crippen molar-refractivity contribution < 1.29 is 8.91 Å². The number of aromatic nitrogens is 2. The SMILES string of the molecule is CCCC(N)c1nc(CSc2cccc(F)c2)no1. The van der Waals surface area contributed by atoms with Crippen LogP contribution in [0.4, 0.5) is 4.39 Å². The molecule has 1 aromatic carbocycles. The van der Waals surface area contributed by atoms with E-state index < -0.39 is 0 Å². The average Bonchev–Trinajstić information content (AvgIpc) is 2.86. The average molecular weight is 281 g/mol. The molecule has 0 aliphatic rings. The third-order valence-corrected chi connectivity index (χ3v) is 3.55. The van der Waals surface area contributed by atoms with Crippen LogP contribution in [0.5, 0.6) is 0 Å². The Labute approximate surface area is 115 Å². The van der Waals surface area contributed by atoms with E-state index in [4.69, 9.17) is 10.3 Å². The zero-order chi connectivity index (χ0) is 13.7. The van der Waals surface area contributed by atoms with Gasteiger partial charge in [-0.15, -0.1) is 11.8 Å². The number of halogens is 1. The zero-order valence-corrected chi connectivity index (χ0v) is 11.5. The number of nitrogens with zero attached hydrogens (tertiary/aromatic N) is 2. The number of hydrogen-bond donors (Lipinski definition) is 1. The molecule has 0 radical (unpaired) electrons. The zero-order valence-electron chi connectivity index (χ0n) is 10.7. The van der Waals surface area contributed by atoms with Gasteiger partial charge in [-0.25, -0.2) is 4.39 Å². The monoisotopic (exact) mass is 281 g/mol. The molecule has 19 heavy (non-hydrogen) atoms. The van der Waals surface area contributed by atoms with Crippen LogP contribution in [-0.2, 0) is 5.75 Å².